The highest BCUT2D eigenvalue weighted by atomic mass is 32.2. The van der Waals surface area contributed by atoms with Crippen LogP contribution in [-0.4, -0.2) is 49.9 Å². The Labute approximate surface area is 172 Å². The van der Waals surface area contributed by atoms with E-state index in [9.17, 15) is 13.2 Å². The van der Waals surface area contributed by atoms with Crippen molar-refractivity contribution >= 4 is 21.7 Å². The zero-order valence-electron chi connectivity index (χ0n) is 16.9. The molecule has 1 fully saturated rings. The fourth-order valence-corrected chi connectivity index (χ4v) is 4.97. The molecule has 0 radical (unpaired) electrons. The van der Waals surface area contributed by atoms with Gasteiger partial charge in [0.2, 0.25) is 10.0 Å². The SMILES string of the molecule is CCN(CC)S(=O)(=O)c1ccc(N2CCCC2)c(C(=O)OCc2ccccn2)c1. The van der Waals surface area contributed by atoms with Crippen molar-refractivity contribution in [1.29, 1.82) is 0 Å². The first-order valence-electron chi connectivity index (χ1n) is 9.93. The van der Waals surface area contributed by atoms with Gasteiger partial charge in [-0.2, -0.15) is 4.31 Å². The van der Waals surface area contributed by atoms with Gasteiger partial charge < -0.3 is 9.64 Å². The molecule has 0 bridgehead atoms. The zero-order chi connectivity index (χ0) is 20.9. The molecule has 1 aromatic carbocycles. The molecule has 0 unspecified atom stereocenters. The Hall–Kier alpha value is -2.45. The van der Waals surface area contributed by atoms with Gasteiger partial charge in [-0.3, -0.25) is 4.98 Å². The van der Waals surface area contributed by atoms with E-state index in [4.69, 9.17) is 4.74 Å². The van der Waals surface area contributed by atoms with Gasteiger partial charge in [-0.15, -0.1) is 0 Å². The van der Waals surface area contributed by atoms with E-state index in [1.54, 1.807) is 44.3 Å². The summed E-state index contributed by atoms with van der Waals surface area (Å²) in [6.45, 7) is 6.03. The molecule has 1 aliphatic heterocycles. The predicted molar refractivity (Wildman–Crippen MR) is 111 cm³/mol. The Morgan fingerprint density at radius 2 is 1.86 bits per heavy atom. The summed E-state index contributed by atoms with van der Waals surface area (Å²) in [6.07, 6.45) is 3.72. The van der Waals surface area contributed by atoms with Crippen molar-refractivity contribution in [2.24, 2.45) is 0 Å². The third-order valence-corrected chi connectivity index (χ3v) is 7.10. The Morgan fingerprint density at radius 1 is 1.14 bits per heavy atom. The van der Waals surface area contributed by atoms with Gasteiger partial charge in [-0.25, -0.2) is 13.2 Å². The quantitative estimate of drug-likeness (QED) is 0.614. The van der Waals surface area contributed by atoms with E-state index >= 15 is 0 Å². The van der Waals surface area contributed by atoms with Crippen LogP contribution >= 0.6 is 0 Å². The Bertz CT molecular complexity index is 938. The van der Waals surface area contributed by atoms with Gasteiger partial charge in [0.15, 0.2) is 0 Å². The maximum absolute atomic E-state index is 12.9. The summed E-state index contributed by atoms with van der Waals surface area (Å²) in [5.41, 5.74) is 1.62. The van der Waals surface area contributed by atoms with Crippen LogP contribution in [0.5, 0.6) is 0 Å². The second-order valence-corrected chi connectivity index (χ2v) is 8.80. The Balaban J connectivity index is 1.93. The summed E-state index contributed by atoms with van der Waals surface area (Å²) in [6, 6.07) is 10.1. The van der Waals surface area contributed by atoms with Gasteiger partial charge in [0.1, 0.15) is 6.61 Å². The highest BCUT2D eigenvalue weighted by molar-refractivity contribution is 7.89. The first kappa shape index (κ1) is 21.3. The number of ether oxygens (including phenoxy) is 1. The van der Waals surface area contributed by atoms with Crippen molar-refractivity contribution in [3.05, 3.63) is 53.9 Å². The first-order valence-corrected chi connectivity index (χ1v) is 11.4. The first-order chi connectivity index (χ1) is 14.0. The van der Waals surface area contributed by atoms with Crippen LogP contribution in [0.25, 0.3) is 0 Å². The molecular weight excluding hydrogens is 390 g/mol. The third-order valence-electron chi connectivity index (χ3n) is 5.06. The number of pyridine rings is 1. The standard InChI is InChI=1S/C21H27N3O4S/c1-3-24(4-2)29(26,27)18-10-11-20(23-13-7-8-14-23)19(15-18)21(25)28-16-17-9-5-6-12-22-17/h5-6,9-12,15H,3-4,7-8,13-14,16H2,1-2H3. The number of carbonyl (C=O) groups is 1. The molecule has 1 aliphatic rings. The molecule has 29 heavy (non-hydrogen) atoms. The van der Waals surface area contributed by atoms with E-state index in [2.05, 4.69) is 9.88 Å². The highest BCUT2D eigenvalue weighted by Crippen LogP contribution is 2.29. The maximum atomic E-state index is 12.9. The van der Waals surface area contributed by atoms with E-state index in [0.29, 0.717) is 24.5 Å². The van der Waals surface area contributed by atoms with Gasteiger partial charge in [0.25, 0.3) is 0 Å². The number of aromatic nitrogens is 1. The van der Waals surface area contributed by atoms with Crippen LogP contribution in [0.3, 0.4) is 0 Å². The van der Waals surface area contributed by atoms with E-state index in [0.717, 1.165) is 25.9 Å². The van der Waals surface area contributed by atoms with Crippen molar-refractivity contribution in [2.75, 3.05) is 31.1 Å². The molecular formula is C21H27N3O4S. The number of benzene rings is 1. The molecule has 2 aromatic rings. The van der Waals surface area contributed by atoms with Crippen molar-refractivity contribution in [3.8, 4) is 0 Å². The topological polar surface area (TPSA) is 79.8 Å². The van der Waals surface area contributed by atoms with Crippen LogP contribution in [0.1, 0.15) is 42.7 Å². The second kappa shape index (κ2) is 9.37. The van der Waals surface area contributed by atoms with Gasteiger partial charge in [-0.1, -0.05) is 19.9 Å². The zero-order valence-corrected chi connectivity index (χ0v) is 17.7. The van der Waals surface area contributed by atoms with Crippen molar-refractivity contribution in [1.82, 2.24) is 9.29 Å². The number of esters is 1. The number of anilines is 1. The van der Waals surface area contributed by atoms with Crippen molar-refractivity contribution in [2.45, 2.75) is 38.2 Å². The van der Waals surface area contributed by atoms with Crippen molar-refractivity contribution < 1.29 is 17.9 Å². The lowest BCUT2D eigenvalue weighted by molar-refractivity contribution is 0.0468. The number of hydrogen-bond donors (Lipinski definition) is 0. The van der Waals surface area contributed by atoms with Gasteiger partial charge in [0, 0.05) is 32.4 Å². The molecule has 0 amide bonds. The molecule has 2 heterocycles. The molecule has 8 heteroatoms. The van der Waals surface area contributed by atoms with Crippen molar-refractivity contribution in [3.63, 3.8) is 0 Å². The summed E-state index contributed by atoms with van der Waals surface area (Å²) in [7, 11) is -3.67. The molecule has 0 saturated carbocycles. The number of rotatable bonds is 8. The summed E-state index contributed by atoms with van der Waals surface area (Å²) >= 11 is 0. The Morgan fingerprint density at radius 3 is 2.48 bits per heavy atom. The second-order valence-electron chi connectivity index (χ2n) is 6.86. The highest BCUT2D eigenvalue weighted by Gasteiger charge is 2.27. The lowest BCUT2D eigenvalue weighted by Gasteiger charge is -2.23. The smallest absolute Gasteiger partial charge is 0.340 e. The average molecular weight is 418 g/mol. The minimum Gasteiger partial charge on any atom is -0.456 e. The summed E-state index contributed by atoms with van der Waals surface area (Å²) in [4.78, 5) is 19.3. The van der Waals surface area contributed by atoms with Crippen LogP contribution in [0, 0.1) is 0 Å². The van der Waals surface area contributed by atoms with E-state index in [1.165, 1.54) is 10.4 Å². The summed E-state index contributed by atoms with van der Waals surface area (Å²) in [5.74, 6) is -0.547. The molecule has 0 spiro atoms. The monoisotopic (exact) mass is 417 g/mol. The molecule has 0 atom stereocenters. The normalized spacial score (nSPS) is 14.4. The van der Waals surface area contributed by atoms with E-state index < -0.39 is 16.0 Å². The minimum atomic E-state index is -3.67. The lowest BCUT2D eigenvalue weighted by atomic mass is 10.1. The maximum Gasteiger partial charge on any atom is 0.340 e. The average Bonchev–Trinajstić information content (AvgIpc) is 3.27. The summed E-state index contributed by atoms with van der Waals surface area (Å²) < 4.78 is 32.7. The molecule has 156 valence electrons. The molecule has 1 saturated heterocycles. The number of nitrogens with zero attached hydrogens (tertiary/aromatic N) is 3. The van der Waals surface area contributed by atoms with E-state index in [1.807, 2.05) is 6.07 Å². The molecule has 7 nitrogen and oxygen atoms in total. The van der Waals surface area contributed by atoms with Gasteiger partial charge in [-0.05, 0) is 43.2 Å². The van der Waals surface area contributed by atoms with Gasteiger partial charge >= 0.3 is 5.97 Å². The number of carbonyl (C=O) groups excluding carboxylic acids is 1. The lowest BCUT2D eigenvalue weighted by Crippen LogP contribution is -2.31. The number of sulfonamides is 1. The van der Waals surface area contributed by atoms with Crippen LogP contribution in [0.2, 0.25) is 0 Å². The van der Waals surface area contributed by atoms with Crippen LogP contribution in [0.4, 0.5) is 5.69 Å². The molecule has 1 aromatic heterocycles. The van der Waals surface area contributed by atoms with Crippen LogP contribution in [0.15, 0.2) is 47.5 Å². The fourth-order valence-electron chi connectivity index (χ4n) is 3.49. The Kier molecular flexibility index (Phi) is 6.87. The summed E-state index contributed by atoms with van der Waals surface area (Å²) in [5, 5.41) is 0. The largest absolute Gasteiger partial charge is 0.456 e. The van der Waals surface area contributed by atoms with Crippen LogP contribution in [-0.2, 0) is 21.4 Å². The predicted octanol–water partition coefficient (Wildman–Crippen LogP) is 3.07. The molecule has 0 aliphatic carbocycles. The van der Waals surface area contributed by atoms with E-state index in [-0.39, 0.29) is 17.1 Å². The minimum absolute atomic E-state index is 0.0339. The van der Waals surface area contributed by atoms with Crippen LogP contribution < -0.4 is 4.90 Å². The molecule has 0 N–H and O–H groups in total. The fraction of sp³-hybridized carbons (Fsp3) is 0.429. The third kappa shape index (κ3) is 4.76. The molecule has 3 rings (SSSR count). The van der Waals surface area contributed by atoms with Gasteiger partial charge in [0.05, 0.1) is 21.8 Å². The number of hydrogen-bond acceptors (Lipinski definition) is 6.